The molecule has 0 amide bonds. The number of carboxylic acid groups (broad SMARTS) is 2. The molecule has 0 radical (unpaired) electrons. The Morgan fingerprint density at radius 3 is 1.39 bits per heavy atom. The van der Waals surface area contributed by atoms with Gasteiger partial charge in [-0.25, -0.2) is 0 Å². The van der Waals surface area contributed by atoms with Crippen molar-refractivity contribution in [2.45, 2.75) is 134 Å². The number of unbranched alkanes of at least 4 members (excludes halogenated alkanes) is 14. The second kappa shape index (κ2) is 20.1. The molecule has 0 aliphatic heterocycles. The van der Waals surface area contributed by atoms with Crippen molar-refractivity contribution >= 4 is 51.6 Å². The summed E-state index contributed by atoms with van der Waals surface area (Å²) in [6, 6.07) is 0. The van der Waals surface area contributed by atoms with E-state index in [0.29, 0.717) is 12.8 Å². The van der Waals surface area contributed by atoms with Crippen molar-refractivity contribution in [3.63, 3.8) is 0 Å². The summed E-state index contributed by atoms with van der Waals surface area (Å²) in [5, 5.41) is 19.5. The SMILES string of the molecule is CCCCCCCCCCC(C(=O)O)C(CCCCCCCCCC)(C(=O)O)S(=O)(=O)O.[NaH]. The van der Waals surface area contributed by atoms with Gasteiger partial charge in [-0.1, -0.05) is 117 Å². The zero-order valence-electron chi connectivity index (χ0n) is 20.2. The number of carboxylic acids is 2. The first-order valence-corrected chi connectivity index (χ1v) is 14.0. The summed E-state index contributed by atoms with van der Waals surface area (Å²) in [5.74, 6) is -4.91. The van der Waals surface area contributed by atoms with Crippen molar-refractivity contribution in [1.29, 1.82) is 0 Å². The molecule has 0 aromatic heterocycles. The fourth-order valence-electron chi connectivity index (χ4n) is 4.41. The van der Waals surface area contributed by atoms with E-state index in [9.17, 15) is 32.8 Å². The van der Waals surface area contributed by atoms with Crippen LogP contribution in [-0.4, -0.2) is 69.4 Å². The minimum atomic E-state index is -5.11. The molecule has 0 aliphatic carbocycles. The number of hydrogen-bond acceptors (Lipinski definition) is 4. The molecule has 0 fully saturated rings. The molecule has 3 N–H and O–H groups in total. The molecule has 192 valence electrons. The second-order valence-electron chi connectivity index (χ2n) is 9.05. The van der Waals surface area contributed by atoms with Crippen molar-refractivity contribution in [2.24, 2.45) is 5.92 Å². The summed E-state index contributed by atoms with van der Waals surface area (Å²) in [4.78, 5) is 24.0. The molecular formula is C24H47NaO7S. The van der Waals surface area contributed by atoms with E-state index < -0.39 is 32.7 Å². The number of rotatable bonds is 22. The monoisotopic (exact) mass is 502 g/mol. The molecule has 0 aromatic carbocycles. The van der Waals surface area contributed by atoms with Crippen LogP contribution in [0.3, 0.4) is 0 Å². The molecule has 0 rings (SSSR count). The summed E-state index contributed by atoms with van der Waals surface area (Å²) in [6.45, 7) is 4.27. The molecule has 0 spiro atoms. The average molecular weight is 503 g/mol. The summed E-state index contributed by atoms with van der Waals surface area (Å²) in [7, 11) is -5.11. The maximum absolute atomic E-state index is 12.2. The molecule has 0 aliphatic rings. The van der Waals surface area contributed by atoms with Gasteiger partial charge in [0.15, 0.2) is 0 Å². The Bertz CT molecular complexity index is 624. The Morgan fingerprint density at radius 2 is 1.06 bits per heavy atom. The van der Waals surface area contributed by atoms with E-state index in [1.807, 2.05) is 0 Å². The Balaban J connectivity index is 0. The van der Waals surface area contributed by atoms with Gasteiger partial charge < -0.3 is 10.2 Å². The van der Waals surface area contributed by atoms with Gasteiger partial charge >= 0.3 is 41.5 Å². The van der Waals surface area contributed by atoms with Crippen LogP contribution < -0.4 is 0 Å². The molecule has 0 bridgehead atoms. The topological polar surface area (TPSA) is 129 Å². The quantitative estimate of drug-likeness (QED) is 0.0967. The van der Waals surface area contributed by atoms with E-state index in [2.05, 4.69) is 13.8 Å². The van der Waals surface area contributed by atoms with Gasteiger partial charge in [-0.15, -0.1) is 0 Å². The fraction of sp³-hybridized carbons (Fsp3) is 0.917. The van der Waals surface area contributed by atoms with E-state index in [0.717, 1.165) is 70.6 Å². The predicted octanol–water partition coefficient (Wildman–Crippen LogP) is 5.81. The van der Waals surface area contributed by atoms with Gasteiger partial charge in [0.05, 0.1) is 5.92 Å². The molecule has 2 atom stereocenters. The van der Waals surface area contributed by atoms with E-state index in [1.54, 1.807) is 0 Å². The summed E-state index contributed by atoms with van der Waals surface area (Å²) in [6.07, 6.45) is 14.4. The summed E-state index contributed by atoms with van der Waals surface area (Å²) >= 11 is 0. The van der Waals surface area contributed by atoms with Gasteiger partial charge in [0.1, 0.15) is 0 Å². The van der Waals surface area contributed by atoms with E-state index >= 15 is 0 Å². The molecule has 0 saturated carbocycles. The van der Waals surface area contributed by atoms with Gasteiger partial charge in [0, 0.05) is 0 Å². The Kier molecular flexibility index (Phi) is 21.3. The molecule has 2 unspecified atom stereocenters. The van der Waals surface area contributed by atoms with Crippen LogP contribution in [0.15, 0.2) is 0 Å². The first-order valence-electron chi connectivity index (χ1n) is 12.6. The first-order chi connectivity index (χ1) is 15.1. The van der Waals surface area contributed by atoms with Crippen molar-refractivity contribution in [3.8, 4) is 0 Å². The van der Waals surface area contributed by atoms with Crippen molar-refractivity contribution in [2.75, 3.05) is 0 Å². The minimum absolute atomic E-state index is 0. The van der Waals surface area contributed by atoms with Crippen LogP contribution in [0.5, 0.6) is 0 Å². The average Bonchev–Trinajstić information content (AvgIpc) is 2.71. The number of carbonyl (C=O) groups is 2. The molecule has 0 saturated heterocycles. The van der Waals surface area contributed by atoms with Gasteiger partial charge in [0.2, 0.25) is 4.75 Å². The third-order valence-electron chi connectivity index (χ3n) is 6.43. The summed E-state index contributed by atoms with van der Waals surface area (Å²) < 4.78 is 31.6. The zero-order chi connectivity index (χ0) is 24.5. The third-order valence-corrected chi connectivity index (χ3v) is 8.02. The first kappa shape index (κ1) is 35.0. The predicted molar refractivity (Wildman–Crippen MR) is 135 cm³/mol. The second-order valence-corrected chi connectivity index (χ2v) is 10.7. The van der Waals surface area contributed by atoms with Crippen LogP contribution in [0.4, 0.5) is 0 Å². The van der Waals surface area contributed by atoms with Crippen LogP contribution in [0.25, 0.3) is 0 Å². The van der Waals surface area contributed by atoms with E-state index in [1.165, 1.54) is 12.8 Å². The van der Waals surface area contributed by atoms with Crippen LogP contribution in [-0.2, 0) is 19.7 Å². The van der Waals surface area contributed by atoms with Gasteiger partial charge in [-0.2, -0.15) is 8.42 Å². The Morgan fingerprint density at radius 1 is 0.697 bits per heavy atom. The standard InChI is InChI=1S/C24H46O7S.Na.H/c1-3-5-7-9-11-13-15-17-19-21(22(25)26)24(23(27)28,32(29,30)31)20-18-16-14-12-10-8-6-4-2;;/h21H,3-20H2,1-2H3,(H,25,26)(H,27,28)(H,29,30,31);;. The van der Waals surface area contributed by atoms with Crippen LogP contribution in [0.2, 0.25) is 0 Å². The molecule has 9 heteroatoms. The number of aliphatic carboxylic acids is 2. The zero-order valence-corrected chi connectivity index (χ0v) is 21.0. The third kappa shape index (κ3) is 13.5. The molecule has 0 aromatic rings. The van der Waals surface area contributed by atoms with Gasteiger partial charge in [-0.05, 0) is 12.8 Å². The van der Waals surface area contributed by atoms with Gasteiger partial charge in [-0.3, -0.25) is 14.1 Å². The van der Waals surface area contributed by atoms with Crippen molar-refractivity contribution < 1.29 is 32.8 Å². The molecule has 0 heterocycles. The van der Waals surface area contributed by atoms with Crippen molar-refractivity contribution in [1.82, 2.24) is 0 Å². The van der Waals surface area contributed by atoms with E-state index in [4.69, 9.17) is 0 Å². The van der Waals surface area contributed by atoms with Gasteiger partial charge in [0.25, 0.3) is 10.1 Å². The normalized spacial score (nSPS) is 14.3. The number of hydrogen-bond donors (Lipinski definition) is 3. The summed E-state index contributed by atoms with van der Waals surface area (Å²) in [5.41, 5.74) is 0. The van der Waals surface area contributed by atoms with E-state index in [-0.39, 0.29) is 48.8 Å². The molecule has 33 heavy (non-hydrogen) atoms. The van der Waals surface area contributed by atoms with Crippen LogP contribution >= 0.6 is 0 Å². The maximum atomic E-state index is 12.2. The van der Waals surface area contributed by atoms with Crippen LogP contribution in [0, 0.1) is 5.92 Å². The van der Waals surface area contributed by atoms with Crippen molar-refractivity contribution in [3.05, 3.63) is 0 Å². The fourth-order valence-corrected chi connectivity index (χ4v) is 5.61. The Labute approximate surface area is 223 Å². The molecular weight excluding hydrogens is 455 g/mol. The molecule has 7 nitrogen and oxygen atoms in total. The van der Waals surface area contributed by atoms with Crippen LogP contribution in [0.1, 0.15) is 129 Å². The Hall–Kier alpha value is -0.150.